The number of rotatable bonds is 1. The molecule has 1 N–H and O–H groups in total. The van der Waals surface area contributed by atoms with Crippen molar-refractivity contribution in [1.29, 1.82) is 0 Å². The number of aryl methyl sites for hydroxylation is 2. The van der Waals surface area contributed by atoms with Gasteiger partial charge in [0, 0.05) is 18.0 Å². The summed E-state index contributed by atoms with van der Waals surface area (Å²) in [6.45, 7) is 1.85. The predicted molar refractivity (Wildman–Crippen MR) is 85.1 cm³/mol. The molecular formula is C14H17N3OS2. The first-order valence-electron chi connectivity index (χ1n) is 7.30. The Morgan fingerprint density at radius 3 is 2.70 bits per heavy atom. The number of aromatic nitrogens is 2. The quantitative estimate of drug-likeness (QED) is 0.824. The minimum Gasteiger partial charge on any atom is -0.322 e. The van der Waals surface area contributed by atoms with Gasteiger partial charge < -0.3 is 9.99 Å². The van der Waals surface area contributed by atoms with Gasteiger partial charge in [-0.25, -0.2) is 0 Å². The predicted octanol–water partition coefficient (Wildman–Crippen LogP) is 2.73. The topological polar surface area (TPSA) is 41.0 Å². The van der Waals surface area contributed by atoms with Crippen LogP contribution in [0.3, 0.4) is 0 Å². The van der Waals surface area contributed by atoms with Gasteiger partial charge in [0.05, 0.1) is 5.39 Å². The van der Waals surface area contributed by atoms with Crippen molar-refractivity contribution in [3.63, 3.8) is 0 Å². The third-order valence-electron chi connectivity index (χ3n) is 4.36. The van der Waals surface area contributed by atoms with E-state index in [1.54, 1.807) is 16.0 Å². The summed E-state index contributed by atoms with van der Waals surface area (Å²) in [5, 5.41) is 3.00. The van der Waals surface area contributed by atoms with Gasteiger partial charge >= 0.3 is 0 Å². The SMILES string of the molecule is O=c1c2c3c(sc2[nH]c(=S)n1N1CCCCC1)CCC3. The highest BCUT2D eigenvalue weighted by Crippen LogP contribution is 2.34. The van der Waals surface area contributed by atoms with Crippen LogP contribution in [0.25, 0.3) is 10.2 Å². The van der Waals surface area contributed by atoms with Gasteiger partial charge in [-0.2, -0.15) is 4.68 Å². The van der Waals surface area contributed by atoms with Crippen LogP contribution < -0.4 is 10.6 Å². The number of hydrogen-bond acceptors (Lipinski definition) is 4. The maximum absolute atomic E-state index is 12.9. The Morgan fingerprint density at radius 1 is 1.10 bits per heavy atom. The average molecular weight is 307 g/mol. The maximum Gasteiger partial charge on any atom is 0.282 e. The minimum absolute atomic E-state index is 0.0880. The summed E-state index contributed by atoms with van der Waals surface area (Å²) in [4.78, 5) is 18.5. The molecule has 0 radical (unpaired) electrons. The zero-order chi connectivity index (χ0) is 13.7. The second kappa shape index (κ2) is 4.70. The lowest BCUT2D eigenvalue weighted by atomic mass is 10.2. The van der Waals surface area contributed by atoms with Crippen LogP contribution in [0.15, 0.2) is 4.79 Å². The molecule has 20 heavy (non-hydrogen) atoms. The van der Waals surface area contributed by atoms with Crippen molar-refractivity contribution >= 4 is 33.8 Å². The summed E-state index contributed by atoms with van der Waals surface area (Å²) in [6.07, 6.45) is 6.85. The molecule has 0 amide bonds. The van der Waals surface area contributed by atoms with E-state index in [1.165, 1.54) is 23.3 Å². The molecule has 0 aromatic carbocycles. The Bertz CT molecular complexity index is 780. The van der Waals surface area contributed by atoms with Crippen LogP contribution in [-0.2, 0) is 12.8 Å². The lowest BCUT2D eigenvalue weighted by molar-refractivity contribution is 0.464. The summed E-state index contributed by atoms with van der Waals surface area (Å²) < 4.78 is 2.26. The third kappa shape index (κ3) is 1.78. The molecule has 0 unspecified atom stereocenters. The fraction of sp³-hybridized carbons (Fsp3) is 0.571. The van der Waals surface area contributed by atoms with Gasteiger partial charge in [-0.3, -0.25) is 4.79 Å². The zero-order valence-corrected chi connectivity index (χ0v) is 12.9. The molecule has 0 bridgehead atoms. The molecule has 4 nitrogen and oxygen atoms in total. The number of hydrogen-bond donors (Lipinski definition) is 1. The van der Waals surface area contributed by atoms with Gasteiger partial charge in [0.2, 0.25) is 0 Å². The van der Waals surface area contributed by atoms with E-state index < -0.39 is 0 Å². The molecule has 2 aromatic heterocycles. The fourth-order valence-electron chi connectivity index (χ4n) is 3.40. The van der Waals surface area contributed by atoms with E-state index in [1.807, 2.05) is 0 Å². The lowest BCUT2D eigenvalue weighted by Gasteiger charge is -2.29. The van der Waals surface area contributed by atoms with Crippen LogP contribution in [0, 0.1) is 4.77 Å². The van der Waals surface area contributed by atoms with Gasteiger partial charge in [-0.1, -0.05) is 0 Å². The molecule has 1 fully saturated rings. The Balaban J connectivity index is 1.97. The molecular weight excluding hydrogens is 290 g/mol. The summed E-state index contributed by atoms with van der Waals surface area (Å²) >= 11 is 7.14. The average Bonchev–Trinajstić information content (AvgIpc) is 2.99. The van der Waals surface area contributed by atoms with E-state index >= 15 is 0 Å². The second-order valence-corrected chi connectivity index (χ2v) is 7.11. The minimum atomic E-state index is 0.0880. The van der Waals surface area contributed by atoms with Crippen LogP contribution in [0.5, 0.6) is 0 Å². The Labute approximate surface area is 126 Å². The van der Waals surface area contributed by atoms with Crippen molar-refractivity contribution in [1.82, 2.24) is 9.66 Å². The largest absolute Gasteiger partial charge is 0.322 e. The van der Waals surface area contributed by atoms with E-state index in [4.69, 9.17) is 12.2 Å². The van der Waals surface area contributed by atoms with Gasteiger partial charge in [0.15, 0.2) is 4.77 Å². The van der Waals surface area contributed by atoms with Crippen molar-refractivity contribution in [2.75, 3.05) is 18.1 Å². The first kappa shape index (κ1) is 12.6. The molecule has 106 valence electrons. The van der Waals surface area contributed by atoms with E-state index in [0.717, 1.165) is 49.0 Å². The summed E-state index contributed by atoms with van der Waals surface area (Å²) in [5.74, 6) is 0. The molecule has 4 rings (SSSR count). The first-order chi connectivity index (χ1) is 9.75. The van der Waals surface area contributed by atoms with Gasteiger partial charge in [-0.15, -0.1) is 11.3 Å². The van der Waals surface area contributed by atoms with Crippen molar-refractivity contribution in [3.05, 3.63) is 25.6 Å². The van der Waals surface area contributed by atoms with Crippen molar-refractivity contribution < 1.29 is 0 Å². The number of piperidine rings is 1. The van der Waals surface area contributed by atoms with Crippen molar-refractivity contribution in [3.8, 4) is 0 Å². The molecule has 6 heteroatoms. The van der Waals surface area contributed by atoms with Gasteiger partial charge in [0.1, 0.15) is 4.83 Å². The summed E-state index contributed by atoms with van der Waals surface area (Å²) in [7, 11) is 0. The summed E-state index contributed by atoms with van der Waals surface area (Å²) in [5.41, 5.74) is 1.36. The molecule has 1 saturated heterocycles. The van der Waals surface area contributed by atoms with Crippen LogP contribution in [-0.4, -0.2) is 22.7 Å². The number of thiophene rings is 1. The van der Waals surface area contributed by atoms with E-state index in [2.05, 4.69) is 9.99 Å². The Kier molecular flexibility index (Phi) is 2.96. The molecule has 1 aliphatic carbocycles. The van der Waals surface area contributed by atoms with Gasteiger partial charge in [-0.05, 0) is 56.3 Å². The monoisotopic (exact) mass is 307 g/mol. The summed E-state index contributed by atoms with van der Waals surface area (Å²) in [6, 6.07) is 0. The Hall–Kier alpha value is -1.14. The van der Waals surface area contributed by atoms with E-state index in [-0.39, 0.29) is 5.56 Å². The molecule has 3 heterocycles. The number of nitrogens with one attached hydrogen (secondary N) is 1. The Morgan fingerprint density at radius 2 is 1.90 bits per heavy atom. The highest BCUT2D eigenvalue weighted by molar-refractivity contribution is 7.71. The molecule has 2 aromatic rings. The molecule has 2 aliphatic rings. The zero-order valence-electron chi connectivity index (χ0n) is 11.3. The van der Waals surface area contributed by atoms with Crippen molar-refractivity contribution in [2.45, 2.75) is 38.5 Å². The number of nitrogens with zero attached hydrogens (tertiary/aromatic N) is 2. The van der Waals surface area contributed by atoms with E-state index in [0.29, 0.717) is 4.77 Å². The third-order valence-corrected chi connectivity index (χ3v) is 5.84. The smallest absolute Gasteiger partial charge is 0.282 e. The van der Waals surface area contributed by atoms with Crippen LogP contribution in [0.1, 0.15) is 36.1 Å². The highest BCUT2D eigenvalue weighted by Gasteiger charge is 2.23. The van der Waals surface area contributed by atoms with Crippen LogP contribution >= 0.6 is 23.6 Å². The standard InChI is InChI=1S/C14H17N3OS2/c18-13-11-9-5-4-6-10(9)20-12(11)15-14(19)17(13)16-7-2-1-3-8-16/h1-8H2,(H,15,19). The normalized spacial score (nSPS) is 18.7. The molecule has 0 spiro atoms. The molecule has 0 saturated carbocycles. The van der Waals surface area contributed by atoms with Gasteiger partial charge in [0.25, 0.3) is 5.56 Å². The highest BCUT2D eigenvalue weighted by atomic mass is 32.1. The number of fused-ring (bicyclic) bond motifs is 3. The van der Waals surface area contributed by atoms with Crippen LogP contribution in [0.4, 0.5) is 0 Å². The molecule has 0 atom stereocenters. The maximum atomic E-state index is 12.9. The number of H-pyrrole nitrogens is 1. The molecule has 1 aliphatic heterocycles. The lowest BCUT2D eigenvalue weighted by Crippen LogP contribution is -2.46. The van der Waals surface area contributed by atoms with Crippen LogP contribution in [0.2, 0.25) is 0 Å². The van der Waals surface area contributed by atoms with E-state index in [9.17, 15) is 4.79 Å². The van der Waals surface area contributed by atoms with Crippen molar-refractivity contribution in [2.24, 2.45) is 0 Å². The first-order valence-corrected chi connectivity index (χ1v) is 8.53. The second-order valence-electron chi connectivity index (χ2n) is 5.62. The fourth-order valence-corrected chi connectivity index (χ4v) is 5.05. The number of aromatic amines is 1.